The monoisotopic (exact) mass is 373 g/mol. The first-order valence-corrected chi connectivity index (χ1v) is 8.47. The molecule has 8 nitrogen and oxygen atoms in total. The number of hydrogen-bond acceptors (Lipinski definition) is 7. The maximum atomic E-state index is 11.7. The second-order valence-corrected chi connectivity index (χ2v) is 6.00. The molecule has 0 atom stereocenters. The van der Waals surface area contributed by atoms with Gasteiger partial charge in [-0.1, -0.05) is 24.3 Å². The van der Waals surface area contributed by atoms with E-state index in [2.05, 4.69) is 20.3 Å². The first kappa shape index (κ1) is 17.3. The highest BCUT2D eigenvalue weighted by molar-refractivity contribution is 5.93. The Kier molecular flexibility index (Phi) is 4.51. The van der Waals surface area contributed by atoms with Gasteiger partial charge in [-0.3, -0.25) is 15.1 Å². The molecule has 0 saturated heterocycles. The van der Waals surface area contributed by atoms with Crippen molar-refractivity contribution in [3.63, 3.8) is 0 Å². The summed E-state index contributed by atoms with van der Waals surface area (Å²) in [5.41, 5.74) is 1.97. The van der Waals surface area contributed by atoms with E-state index >= 15 is 0 Å². The van der Waals surface area contributed by atoms with Crippen molar-refractivity contribution in [3.05, 3.63) is 82.8 Å². The van der Waals surface area contributed by atoms with Gasteiger partial charge >= 0.3 is 11.6 Å². The number of hydrogen-bond donors (Lipinski definition) is 1. The van der Waals surface area contributed by atoms with Gasteiger partial charge in [-0.05, 0) is 43.3 Å². The number of benzene rings is 2. The summed E-state index contributed by atoms with van der Waals surface area (Å²) in [5.74, 6) is 0.349. The first-order chi connectivity index (χ1) is 13.6. The minimum atomic E-state index is -0.561. The number of pyridine rings is 1. The van der Waals surface area contributed by atoms with Crippen molar-refractivity contribution in [1.29, 1.82) is 0 Å². The summed E-state index contributed by atoms with van der Waals surface area (Å²) in [5, 5.41) is 15.6. The van der Waals surface area contributed by atoms with Crippen molar-refractivity contribution < 1.29 is 9.66 Å². The van der Waals surface area contributed by atoms with E-state index in [4.69, 9.17) is 4.74 Å². The van der Waals surface area contributed by atoms with Crippen molar-refractivity contribution in [3.8, 4) is 11.6 Å². The van der Waals surface area contributed by atoms with Gasteiger partial charge in [0.05, 0.1) is 10.4 Å². The molecule has 0 aliphatic heterocycles. The molecule has 0 unspecified atom stereocenters. The van der Waals surface area contributed by atoms with E-state index in [0.717, 1.165) is 16.6 Å². The van der Waals surface area contributed by atoms with Gasteiger partial charge in [0.15, 0.2) is 0 Å². The smallest absolute Gasteiger partial charge is 0.373 e. The van der Waals surface area contributed by atoms with E-state index < -0.39 is 4.92 Å². The van der Waals surface area contributed by atoms with Gasteiger partial charge in [0, 0.05) is 16.8 Å². The number of aromatic nitrogens is 3. The fourth-order valence-corrected chi connectivity index (χ4v) is 2.79. The Balaban J connectivity index is 1.76. The average molecular weight is 373 g/mol. The summed E-state index contributed by atoms with van der Waals surface area (Å²) < 4.78 is 5.61. The van der Waals surface area contributed by atoms with Crippen molar-refractivity contribution in [2.45, 2.75) is 6.92 Å². The molecule has 0 fully saturated rings. The standard InChI is InChI=1S/C20H15N5O3/c1-13-10-11-15-16(23-13)8-5-9-17(15)24-19-18(25(26)27)20(22-12-21-19)28-14-6-3-2-4-7-14/h2-12H,1H3,(H,21,22,24). The molecule has 1 N–H and O–H groups in total. The molecule has 0 radical (unpaired) electrons. The number of ether oxygens (including phenoxy) is 1. The predicted octanol–water partition coefficient (Wildman–Crippen LogP) is 4.78. The van der Waals surface area contributed by atoms with E-state index in [1.165, 1.54) is 6.33 Å². The second kappa shape index (κ2) is 7.28. The molecular formula is C20H15N5O3. The maximum absolute atomic E-state index is 11.7. The van der Waals surface area contributed by atoms with Crippen molar-refractivity contribution in [2.24, 2.45) is 0 Å². The molecule has 0 spiro atoms. The molecule has 8 heteroatoms. The van der Waals surface area contributed by atoms with Crippen LogP contribution in [0.4, 0.5) is 17.2 Å². The first-order valence-electron chi connectivity index (χ1n) is 8.47. The lowest BCUT2D eigenvalue weighted by Crippen LogP contribution is -2.04. The van der Waals surface area contributed by atoms with E-state index in [-0.39, 0.29) is 17.4 Å². The minimum Gasteiger partial charge on any atom is -0.434 e. The SMILES string of the molecule is Cc1ccc2c(Nc3ncnc(Oc4ccccc4)c3[N+](=O)[O-])cccc2n1. The third-order valence-corrected chi connectivity index (χ3v) is 4.05. The van der Waals surface area contributed by atoms with Crippen molar-refractivity contribution in [1.82, 2.24) is 15.0 Å². The molecule has 28 heavy (non-hydrogen) atoms. The number of fused-ring (bicyclic) bond motifs is 1. The molecule has 138 valence electrons. The quantitative estimate of drug-likeness (QED) is 0.397. The van der Waals surface area contributed by atoms with Crippen LogP contribution in [0.15, 0.2) is 67.0 Å². The zero-order valence-corrected chi connectivity index (χ0v) is 14.9. The van der Waals surface area contributed by atoms with Gasteiger partial charge in [-0.2, -0.15) is 4.98 Å². The lowest BCUT2D eigenvalue weighted by atomic mass is 10.1. The third kappa shape index (κ3) is 3.43. The van der Waals surface area contributed by atoms with Crippen LogP contribution in [0.2, 0.25) is 0 Å². The molecule has 0 saturated carbocycles. The normalized spacial score (nSPS) is 10.6. The zero-order valence-electron chi connectivity index (χ0n) is 14.9. The number of rotatable bonds is 5. The van der Waals surface area contributed by atoms with Crippen LogP contribution < -0.4 is 10.1 Å². The second-order valence-electron chi connectivity index (χ2n) is 6.00. The van der Waals surface area contributed by atoms with Crippen molar-refractivity contribution >= 4 is 28.1 Å². The molecule has 2 aromatic carbocycles. The molecule has 4 aromatic rings. The van der Waals surface area contributed by atoms with E-state index in [1.807, 2.05) is 43.3 Å². The highest BCUT2D eigenvalue weighted by Crippen LogP contribution is 2.36. The Labute approximate surface area is 160 Å². The van der Waals surface area contributed by atoms with Gasteiger partial charge in [-0.15, -0.1) is 0 Å². The van der Waals surface area contributed by atoms with Gasteiger partial charge in [0.2, 0.25) is 5.82 Å². The van der Waals surface area contributed by atoms with Crippen LogP contribution in [-0.2, 0) is 0 Å². The molecule has 0 amide bonds. The van der Waals surface area contributed by atoms with Gasteiger partial charge in [-0.25, -0.2) is 4.98 Å². The minimum absolute atomic E-state index is 0.0407. The van der Waals surface area contributed by atoms with E-state index in [9.17, 15) is 10.1 Å². The highest BCUT2D eigenvalue weighted by Gasteiger charge is 2.25. The van der Waals surface area contributed by atoms with Crippen molar-refractivity contribution in [2.75, 3.05) is 5.32 Å². The number of nitrogens with zero attached hydrogens (tertiary/aromatic N) is 4. The lowest BCUT2D eigenvalue weighted by Gasteiger charge is -2.11. The van der Waals surface area contributed by atoms with Crippen LogP contribution in [0.25, 0.3) is 10.9 Å². The molecule has 2 heterocycles. The molecule has 0 aliphatic carbocycles. The van der Waals surface area contributed by atoms with Gasteiger partial charge < -0.3 is 10.1 Å². The van der Waals surface area contributed by atoms with E-state index in [1.54, 1.807) is 24.3 Å². The fraction of sp³-hybridized carbons (Fsp3) is 0.0500. The lowest BCUT2D eigenvalue weighted by molar-refractivity contribution is -0.385. The van der Waals surface area contributed by atoms with E-state index in [0.29, 0.717) is 11.4 Å². The molecule has 4 rings (SSSR count). The van der Waals surface area contributed by atoms with Gasteiger partial charge in [0.25, 0.3) is 0 Å². The summed E-state index contributed by atoms with van der Waals surface area (Å²) in [4.78, 5) is 23.6. The summed E-state index contributed by atoms with van der Waals surface area (Å²) in [7, 11) is 0. The summed E-state index contributed by atoms with van der Waals surface area (Å²) in [6, 6.07) is 18.1. The van der Waals surface area contributed by atoms with Crippen LogP contribution in [0, 0.1) is 17.0 Å². The topological polar surface area (TPSA) is 103 Å². The number of aryl methyl sites for hydroxylation is 1. The van der Waals surface area contributed by atoms with Crippen LogP contribution in [-0.4, -0.2) is 19.9 Å². The zero-order chi connectivity index (χ0) is 19.5. The molecule has 0 bridgehead atoms. The number of para-hydroxylation sites is 1. The number of nitro groups is 1. The largest absolute Gasteiger partial charge is 0.434 e. The average Bonchev–Trinajstić information content (AvgIpc) is 2.68. The third-order valence-electron chi connectivity index (χ3n) is 4.05. The molecular weight excluding hydrogens is 358 g/mol. The van der Waals surface area contributed by atoms with Crippen LogP contribution >= 0.6 is 0 Å². The molecule has 0 aliphatic rings. The number of nitrogens with one attached hydrogen (secondary N) is 1. The predicted molar refractivity (Wildman–Crippen MR) is 105 cm³/mol. The Bertz CT molecular complexity index is 1170. The Morgan fingerprint density at radius 2 is 1.82 bits per heavy atom. The van der Waals surface area contributed by atoms with Gasteiger partial charge in [0.1, 0.15) is 12.1 Å². The summed E-state index contributed by atoms with van der Waals surface area (Å²) in [6.45, 7) is 1.90. The summed E-state index contributed by atoms with van der Waals surface area (Å²) in [6.07, 6.45) is 1.22. The summed E-state index contributed by atoms with van der Waals surface area (Å²) >= 11 is 0. The number of anilines is 2. The fourth-order valence-electron chi connectivity index (χ4n) is 2.79. The Hall–Kier alpha value is -4.07. The van der Waals surface area contributed by atoms with Crippen LogP contribution in [0.1, 0.15) is 5.69 Å². The van der Waals surface area contributed by atoms with Crippen LogP contribution in [0.5, 0.6) is 11.6 Å². The maximum Gasteiger partial charge on any atom is 0.373 e. The van der Waals surface area contributed by atoms with Crippen LogP contribution in [0.3, 0.4) is 0 Å². The molecule has 2 aromatic heterocycles. The Morgan fingerprint density at radius 1 is 1.00 bits per heavy atom. The highest BCUT2D eigenvalue weighted by atomic mass is 16.6. The Morgan fingerprint density at radius 3 is 2.61 bits per heavy atom.